The van der Waals surface area contributed by atoms with E-state index in [4.69, 9.17) is 0 Å². The van der Waals surface area contributed by atoms with Gasteiger partial charge in [-0.15, -0.1) is 0 Å². The molecule has 0 spiro atoms. The molecule has 0 saturated heterocycles. The first kappa shape index (κ1) is 18.3. The van der Waals surface area contributed by atoms with Crippen LogP contribution in [0, 0.1) is 17.0 Å². The Morgan fingerprint density at radius 3 is 2.44 bits per heavy atom. The Bertz CT molecular complexity index is 850. The normalized spacial score (nSPS) is 10.5. The molecule has 2 rings (SSSR count). The predicted molar refractivity (Wildman–Crippen MR) is 96.3 cm³/mol. The van der Waals surface area contributed by atoms with E-state index in [1.165, 1.54) is 30.5 Å². The standard InChI is InChI=1S/C16H13BrN4O4/c1-10-8-12(17)4-7-14(10)19-15(22)16(23)20-18-9-11-2-5-13(6-3-11)21(24)25/h2-9H,1H3,(H,19,22)(H,20,23)/b18-9+. The highest BCUT2D eigenvalue weighted by atomic mass is 79.9. The molecule has 0 aliphatic carbocycles. The average molecular weight is 405 g/mol. The van der Waals surface area contributed by atoms with E-state index >= 15 is 0 Å². The molecule has 0 atom stereocenters. The Hall–Kier alpha value is -3.07. The molecule has 2 aromatic rings. The first-order valence-corrected chi connectivity index (χ1v) is 7.81. The van der Waals surface area contributed by atoms with Crippen LogP contribution in [0.2, 0.25) is 0 Å². The number of anilines is 1. The lowest BCUT2D eigenvalue weighted by molar-refractivity contribution is -0.384. The summed E-state index contributed by atoms with van der Waals surface area (Å²) in [6, 6.07) is 10.8. The minimum Gasteiger partial charge on any atom is -0.317 e. The second-order valence-corrected chi connectivity index (χ2v) is 5.88. The lowest BCUT2D eigenvalue weighted by Crippen LogP contribution is -2.32. The summed E-state index contributed by atoms with van der Waals surface area (Å²) in [7, 11) is 0. The molecule has 0 aromatic heterocycles. The van der Waals surface area contributed by atoms with E-state index in [1.54, 1.807) is 25.1 Å². The predicted octanol–water partition coefficient (Wildman–Crippen LogP) is 2.75. The van der Waals surface area contributed by atoms with Gasteiger partial charge in [0.05, 0.1) is 11.1 Å². The number of nitro groups is 1. The third-order valence-electron chi connectivity index (χ3n) is 3.13. The fraction of sp³-hybridized carbons (Fsp3) is 0.0625. The number of rotatable bonds is 4. The van der Waals surface area contributed by atoms with E-state index in [0.717, 1.165) is 10.0 Å². The maximum Gasteiger partial charge on any atom is 0.329 e. The summed E-state index contributed by atoms with van der Waals surface area (Å²) in [4.78, 5) is 33.6. The van der Waals surface area contributed by atoms with Crippen LogP contribution in [-0.4, -0.2) is 23.0 Å². The van der Waals surface area contributed by atoms with Crippen molar-refractivity contribution in [1.29, 1.82) is 0 Å². The fourth-order valence-corrected chi connectivity index (χ4v) is 2.32. The van der Waals surface area contributed by atoms with Gasteiger partial charge in [-0.1, -0.05) is 15.9 Å². The lowest BCUT2D eigenvalue weighted by Gasteiger charge is -2.07. The van der Waals surface area contributed by atoms with Crippen molar-refractivity contribution in [3.63, 3.8) is 0 Å². The third kappa shape index (κ3) is 5.21. The summed E-state index contributed by atoms with van der Waals surface area (Å²) >= 11 is 3.31. The zero-order valence-electron chi connectivity index (χ0n) is 13.0. The number of benzene rings is 2. The number of amides is 2. The highest BCUT2D eigenvalue weighted by Crippen LogP contribution is 2.19. The third-order valence-corrected chi connectivity index (χ3v) is 3.62. The summed E-state index contributed by atoms with van der Waals surface area (Å²) in [6.07, 6.45) is 1.28. The molecule has 9 heteroatoms. The summed E-state index contributed by atoms with van der Waals surface area (Å²) in [6.45, 7) is 1.80. The molecule has 0 fully saturated rings. The molecule has 0 saturated carbocycles. The van der Waals surface area contributed by atoms with Gasteiger partial charge in [-0.25, -0.2) is 5.43 Å². The van der Waals surface area contributed by atoms with E-state index in [9.17, 15) is 19.7 Å². The summed E-state index contributed by atoms with van der Waals surface area (Å²) in [5, 5.41) is 16.7. The minimum atomic E-state index is -0.930. The van der Waals surface area contributed by atoms with Gasteiger partial charge >= 0.3 is 11.8 Å². The number of nitro benzene ring substituents is 1. The van der Waals surface area contributed by atoms with Crippen LogP contribution in [-0.2, 0) is 9.59 Å². The van der Waals surface area contributed by atoms with Crippen molar-refractivity contribution < 1.29 is 14.5 Å². The molecule has 0 bridgehead atoms. The summed E-state index contributed by atoms with van der Waals surface area (Å²) in [5.74, 6) is -1.79. The van der Waals surface area contributed by atoms with Crippen molar-refractivity contribution in [2.24, 2.45) is 5.10 Å². The van der Waals surface area contributed by atoms with Gasteiger partial charge in [0.2, 0.25) is 0 Å². The van der Waals surface area contributed by atoms with Gasteiger partial charge in [0.1, 0.15) is 0 Å². The number of aryl methyl sites for hydroxylation is 1. The molecule has 2 N–H and O–H groups in total. The molecule has 2 amide bonds. The molecule has 0 aliphatic rings. The van der Waals surface area contributed by atoms with Gasteiger partial charge < -0.3 is 5.32 Å². The molecular weight excluding hydrogens is 392 g/mol. The summed E-state index contributed by atoms with van der Waals surface area (Å²) < 4.78 is 0.861. The summed E-state index contributed by atoms with van der Waals surface area (Å²) in [5.41, 5.74) is 3.89. The van der Waals surface area contributed by atoms with Crippen LogP contribution in [0.15, 0.2) is 52.0 Å². The second-order valence-electron chi connectivity index (χ2n) is 4.96. The number of carbonyl (C=O) groups excluding carboxylic acids is 2. The number of hydrazone groups is 1. The van der Waals surface area contributed by atoms with Gasteiger partial charge in [0.15, 0.2) is 0 Å². The Morgan fingerprint density at radius 1 is 1.16 bits per heavy atom. The number of nitrogens with zero attached hydrogens (tertiary/aromatic N) is 2. The van der Waals surface area contributed by atoms with E-state index < -0.39 is 16.7 Å². The molecule has 128 valence electrons. The van der Waals surface area contributed by atoms with Crippen LogP contribution in [0.3, 0.4) is 0 Å². The Balaban J connectivity index is 1.92. The molecular formula is C16H13BrN4O4. The molecule has 0 radical (unpaired) electrons. The van der Waals surface area contributed by atoms with Crippen molar-refractivity contribution in [3.05, 3.63) is 68.2 Å². The maximum atomic E-state index is 11.8. The van der Waals surface area contributed by atoms with Crippen LogP contribution < -0.4 is 10.7 Å². The highest BCUT2D eigenvalue weighted by Gasteiger charge is 2.14. The molecule has 8 nitrogen and oxygen atoms in total. The number of hydrogen-bond donors (Lipinski definition) is 2. The van der Waals surface area contributed by atoms with Crippen LogP contribution >= 0.6 is 15.9 Å². The second kappa shape index (κ2) is 8.15. The van der Waals surface area contributed by atoms with Gasteiger partial charge in [-0.2, -0.15) is 5.10 Å². The van der Waals surface area contributed by atoms with E-state index in [1.807, 2.05) is 0 Å². The lowest BCUT2D eigenvalue weighted by atomic mass is 10.2. The van der Waals surface area contributed by atoms with Crippen LogP contribution in [0.1, 0.15) is 11.1 Å². The molecule has 0 heterocycles. The van der Waals surface area contributed by atoms with Crippen molar-refractivity contribution in [1.82, 2.24) is 5.43 Å². The van der Waals surface area contributed by atoms with Crippen LogP contribution in [0.5, 0.6) is 0 Å². The zero-order chi connectivity index (χ0) is 18.4. The molecule has 2 aromatic carbocycles. The average Bonchev–Trinajstić information content (AvgIpc) is 2.57. The van der Waals surface area contributed by atoms with Crippen molar-refractivity contribution in [2.75, 3.05) is 5.32 Å². The van der Waals surface area contributed by atoms with Gasteiger partial charge in [-0.3, -0.25) is 19.7 Å². The number of nitrogens with one attached hydrogen (secondary N) is 2. The van der Waals surface area contributed by atoms with E-state index in [-0.39, 0.29) is 5.69 Å². The monoisotopic (exact) mass is 404 g/mol. The topological polar surface area (TPSA) is 114 Å². The number of hydrogen-bond acceptors (Lipinski definition) is 5. The maximum absolute atomic E-state index is 11.8. The number of non-ortho nitro benzene ring substituents is 1. The fourth-order valence-electron chi connectivity index (χ4n) is 1.84. The Kier molecular flexibility index (Phi) is 5.96. The highest BCUT2D eigenvalue weighted by molar-refractivity contribution is 9.10. The number of halogens is 1. The Morgan fingerprint density at radius 2 is 1.84 bits per heavy atom. The van der Waals surface area contributed by atoms with E-state index in [2.05, 4.69) is 31.8 Å². The van der Waals surface area contributed by atoms with Gasteiger partial charge in [0.25, 0.3) is 5.69 Å². The van der Waals surface area contributed by atoms with Crippen molar-refractivity contribution in [2.45, 2.75) is 6.92 Å². The molecule has 0 unspecified atom stereocenters. The van der Waals surface area contributed by atoms with Crippen LogP contribution in [0.25, 0.3) is 0 Å². The largest absolute Gasteiger partial charge is 0.329 e. The molecule has 0 aliphatic heterocycles. The first-order valence-electron chi connectivity index (χ1n) is 7.02. The Labute approximate surface area is 151 Å². The van der Waals surface area contributed by atoms with Gasteiger partial charge in [0, 0.05) is 22.3 Å². The van der Waals surface area contributed by atoms with Crippen molar-refractivity contribution >= 4 is 45.3 Å². The van der Waals surface area contributed by atoms with E-state index in [0.29, 0.717) is 11.3 Å². The SMILES string of the molecule is Cc1cc(Br)ccc1NC(=O)C(=O)N/N=C/c1ccc([N+](=O)[O-])cc1. The van der Waals surface area contributed by atoms with Gasteiger partial charge in [-0.05, 0) is 48.4 Å². The minimum absolute atomic E-state index is 0.0505. The molecule has 25 heavy (non-hydrogen) atoms. The number of carbonyl (C=O) groups is 2. The van der Waals surface area contributed by atoms with Crippen molar-refractivity contribution in [3.8, 4) is 0 Å². The quantitative estimate of drug-likeness (QED) is 0.352. The first-order chi connectivity index (χ1) is 11.9. The zero-order valence-corrected chi connectivity index (χ0v) is 14.6. The smallest absolute Gasteiger partial charge is 0.317 e. The van der Waals surface area contributed by atoms with Crippen LogP contribution in [0.4, 0.5) is 11.4 Å².